The van der Waals surface area contributed by atoms with Crippen molar-refractivity contribution in [3.8, 4) is 23.1 Å². The molecule has 1 fully saturated rings. The standard InChI is InChI=1S/C24H25N5O3/c1-16-11-18(13-25)3-6-22(16)29-23(30)12-21(27-29)20-5-4-19(14-26-20)24(31)28-9-7-17(8-10-28)15-32-2/h3-6,11-12,14,17,27H,7-10,15H2,1-2H3. The van der Waals surface area contributed by atoms with Gasteiger partial charge in [0.15, 0.2) is 0 Å². The van der Waals surface area contributed by atoms with Gasteiger partial charge < -0.3 is 9.64 Å². The third-order valence-electron chi connectivity index (χ3n) is 5.88. The summed E-state index contributed by atoms with van der Waals surface area (Å²) in [7, 11) is 1.71. The van der Waals surface area contributed by atoms with Crippen molar-refractivity contribution < 1.29 is 9.53 Å². The van der Waals surface area contributed by atoms with Gasteiger partial charge in [-0.25, -0.2) is 4.68 Å². The lowest BCUT2D eigenvalue weighted by atomic mass is 9.97. The molecule has 1 saturated heterocycles. The highest BCUT2D eigenvalue weighted by Crippen LogP contribution is 2.21. The molecule has 3 aromatic rings. The van der Waals surface area contributed by atoms with Gasteiger partial charge >= 0.3 is 0 Å². The molecule has 8 heteroatoms. The minimum absolute atomic E-state index is 0.0285. The number of nitriles is 1. The Morgan fingerprint density at radius 1 is 1.25 bits per heavy atom. The molecular formula is C24H25N5O3. The Labute approximate surface area is 186 Å². The average molecular weight is 431 g/mol. The number of benzene rings is 1. The van der Waals surface area contributed by atoms with Crippen molar-refractivity contribution >= 4 is 5.91 Å². The molecule has 0 saturated carbocycles. The summed E-state index contributed by atoms with van der Waals surface area (Å²) in [6.45, 7) is 4.02. The second-order valence-electron chi connectivity index (χ2n) is 8.08. The second-order valence-corrected chi connectivity index (χ2v) is 8.08. The number of aryl methyl sites for hydroxylation is 1. The lowest BCUT2D eigenvalue weighted by Crippen LogP contribution is -2.39. The van der Waals surface area contributed by atoms with Gasteiger partial charge in [0.1, 0.15) is 0 Å². The van der Waals surface area contributed by atoms with E-state index in [1.165, 1.54) is 10.7 Å². The number of amides is 1. The molecular weight excluding hydrogens is 406 g/mol. The van der Waals surface area contributed by atoms with E-state index < -0.39 is 0 Å². The lowest BCUT2D eigenvalue weighted by Gasteiger charge is -2.31. The molecule has 0 bridgehead atoms. The van der Waals surface area contributed by atoms with Gasteiger partial charge in [-0.05, 0) is 61.6 Å². The number of nitrogens with zero attached hydrogens (tertiary/aromatic N) is 4. The van der Waals surface area contributed by atoms with Crippen LogP contribution in [0.25, 0.3) is 17.1 Å². The van der Waals surface area contributed by atoms with E-state index in [0.717, 1.165) is 25.0 Å². The molecule has 4 rings (SSSR count). The van der Waals surface area contributed by atoms with E-state index in [-0.39, 0.29) is 11.5 Å². The molecule has 1 aliphatic rings. The number of carbonyl (C=O) groups is 1. The smallest absolute Gasteiger partial charge is 0.271 e. The van der Waals surface area contributed by atoms with Crippen molar-refractivity contribution in [2.24, 2.45) is 5.92 Å². The van der Waals surface area contributed by atoms with Gasteiger partial charge in [-0.2, -0.15) is 5.26 Å². The number of likely N-dealkylation sites (tertiary alicyclic amines) is 1. The fourth-order valence-electron chi connectivity index (χ4n) is 4.08. The van der Waals surface area contributed by atoms with Crippen LogP contribution < -0.4 is 5.56 Å². The van der Waals surface area contributed by atoms with E-state index in [1.54, 1.807) is 43.6 Å². The quantitative estimate of drug-likeness (QED) is 0.669. The zero-order valence-corrected chi connectivity index (χ0v) is 18.2. The number of ether oxygens (including phenoxy) is 1. The van der Waals surface area contributed by atoms with Crippen LogP contribution in [0.15, 0.2) is 47.4 Å². The molecule has 0 spiro atoms. The van der Waals surface area contributed by atoms with Crippen molar-refractivity contribution in [3.05, 3.63) is 69.6 Å². The number of methoxy groups -OCH3 is 1. The summed E-state index contributed by atoms with van der Waals surface area (Å²) in [5.41, 5.74) is 3.44. The molecule has 0 aliphatic carbocycles. The minimum Gasteiger partial charge on any atom is -0.384 e. The minimum atomic E-state index is -0.228. The first-order valence-electron chi connectivity index (χ1n) is 10.6. The third kappa shape index (κ3) is 4.34. The maximum atomic E-state index is 12.8. The second kappa shape index (κ2) is 9.20. The zero-order valence-electron chi connectivity index (χ0n) is 18.2. The predicted octanol–water partition coefficient (Wildman–Crippen LogP) is 2.91. The van der Waals surface area contributed by atoms with Crippen LogP contribution in [0.3, 0.4) is 0 Å². The summed E-state index contributed by atoms with van der Waals surface area (Å²) in [4.78, 5) is 31.6. The monoisotopic (exact) mass is 431 g/mol. The van der Waals surface area contributed by atoms with Gasteiger partial charge in [-0.15, -0.1) is 0 Å². The molecule has 2 aromatic heterocycles. The van der Waals surface area contributed by atoms with Gasteiger partial charge in [0.25, 0.3) is 11.5 Å². The molecule has 1 aliphatic heterocycles. The first-order chi connectivity index (χ1) is 15.5. The maximum Gasteiger partial charge on any atom is 0.271 e. The number of nitrogens with one attached hydrogen (secondary N) is 1. The summed E-state index contributed by atoms with van der Waals surface area (Å²) in [5, 5.41) is 12.1. The van der Waals surface area contributed by atoms with Crippen LogP contribution in [-0.2, 0) is 4.74 Å². The highest BCUT2D eigenvalue weighted by atomic mass is 16.5. The normalized spacial score (nSPS) is 14.3. The van der Waals surface area contributed by atoms with E-state index in [4.69, 9.17) is 10.00 Å². The highest BCUT2D eigenvalue weighted by Gasteiger charge is 2.24. The van der Waals surface area contributed by atoms with E-state index in [9.17, 15) is 9.59 Å². The molecule has 164 valence electrons. The zero-order chi connectivity index (χ0) is 22.7. The summed E-state index contributed by atoms with van der Waals surface area (Å²) in [5.74, 6) is 0.476. The van der Waals surface area contributed by atoms with Crippen LogP contribution in [0.5, 0.6) is 0 Å². The molecule has 1 amide bonds. The predicted molar refractivity (Wildman–Crippen MR) is 120 cm³/mol. The Bertz CT molecular complexity index is 1210. The highest BCUT2D eigenvalue weighted by molar-refractivity contribution is 5.94. The Balaban J connectivity index is 1.50. The number of carbonyl (C=O) groups excluding carboxylic acids is 1. The molecule has 0 atom stereocenters. The summed E-state index contributed by atoms with van der Waals surface area (Å²) < 4.78 is 6.65. The van der Waals surface area contributed by atoms with Crippen molar-refractivity contribution in [3.63, 3.8) is 0 Å². The van der Waals surface area contributed by atoms with Gasteiger partial charge in [-0.1, -0.05) is 0 Å². The van der Waals surface area contributed by atoms with Gasteiger partial charge in [-0.3, -0.25) is 19.7 Å². The van der Waals surface area contributed by atoms with Crippen LogP contribution in [0.4, 0.5) is 0 Å². The number of piperidine rings is 1. The summed E-state index contributed by atoms with van der Waals surface area (Å²) in [6, 6.07) is 12.2. The Kier molecular flexibility index (Phi) is 6.19. The SMILES string of the molecule is COCC1CCN(C(=O)c2ccc(-c3cc(=O)n(-c4ccc(C#N)cc4C)[nH]3)nc2)CC1. The van der Waals surface area contributed by atoms with Gasteiger partial charge in [0.2, 0.25) is 0 Å². The fraction of sp³-hybridized carbons (Fsp3) is 0.333. The molecule has 0 unspecified atom stereocenters. The largest absolute Gasteiger partial charge is 0.384 e. The number of aromatic amines is 1. The van der Waals surface area contributed by atoms with Crippen LogP contribution in [0.2, 0.25) is 0 Å². The number of hydrogen-bond acceptors (Lipinski definition) is 5. The van der Waals surface area contributed by atoms with Gasteiger partial charge in [0, 0.05) is 39.1 Å². The molecule has 1 aromatic carbocycles. The maximum absolute atomic E-state index is 12.8. The lowest BCUT2D eigenvalue weighted by molar-refractivity contribution is 0.0613. The molecule has 32 heavy (non-hydrogen) atoms. The van der Waals surface area contributed by atoms with Crippen molar-refractivity contribution in [1.29, 1.82) is 5.26 Å². The topological polar surface area (TPSA) is 104 Å². The Morgan fingerprint density at radius 2 is 2.03 bits per heavy atom. The van der Waals surface area contributed by atoms with E-state index in [1.807, 2.05) is 11.8 Å². The number of H-pyrrole nitrogens is 1. The Hall–Kier alpha value is -3.70. The van der Waals surface area contributed by atoms with Gasteiger partial charge in [0.05, 0.1) is 34.3 Å². The number of aromatic nitrogens is 3. The van der Waals surface area contributed by atoms with Crippen molar-refractivity contribution in [2.45, 2.75) is 19.8 Å². The molecule has 0 radical (unpaired) electrons. The van der Waals surface area contributed by atoms with Crippen LogP contribution in [0, 0.1) is 24.2 Å². The van der Waals surface area contributed by atoms with E-state index >= 15 is 0 Å². The van der Waals surface area contributed by atoms with Crippen LogP contribution >= 0.6 is 0 Å². The third-order valence-corrected chi connectivity index (χ3v) is 5.88. The average Bonchev–Trinajstić information content (AvgIpc) is 3.20. The molecule has 1 N–H and O–H groups in total. The molecule has 3 heterocycles. The van der Waals surface area contributed by atoms with E-state index in [2.05, 4.69) is 16.2 Å². The van der Waals surface area contributed by atoms with Crippen molar-refractivity contribution in [1.82, 2.24) is 19.7 Å². The summed E-state index contributed by atoms with van der Waals surface area (Å²) >= 11 is 0. The first-order valence-corrected chi connectivity index (χ1v) is 10.6. The van der Waals surface area contributed by atoms with Crippen LogP contribution in [0.1, 0.15) is 34.3 Å². The number of pyridine rings is 1. The first kappa shape index (κ1) is 21.5. The van der Waals surface area contributed by atoms with Crippen molar-refractivity contribution in [2.75, 3.05) is 26.8 Å². The number of hydrogen-bond donors (Lipinski definition) is 1. The van der Waals surface area contributed by atoms with Crippen LogP contribution in [-0.4, -0.2) is 52.4 Å². The summed E-state index contributed by atoms with van der Waals surface area (Å²) in [6.07, 6.45) is 3.44. The van der Waals surface area contributed by atoms with E-state index in [0.29, 0.717) is 47.2 Å². The molecule has 8 nitrogen and oxygen atoms in total. The Morgan fingerprint density at radius 3 is 2.66 bits per heavy atom. The number of rotatable bonds is 5. The fourth-order valence-corrected chi connectivity index (χ4v) is 4.08.